The Morgan fingerprint density at radius 3 is 2.80 bits per heavy atom. The number of carbonyl (C=O) groups excluding carboxylic acids is 1. The zero-order chi connectivity index (χ0) is 14.9. The average molecular weight is 279 g/mol. The van der Waals surface area contributed by atoms with Gasteiger partial charge in [0.25, 0.3) is 0 Å². The molecule has 6 heteroatoms. The van der Waals surface area contributed by atoms with Gasteiger partial charge in [-0.3, -0.25) is 9.48 Å². The van der Waals surface area contributed by atoms with Crippen molar-refractivity contribution in [1.29, 1.82) is 0 Å². The Balaban J connectivity index is 2.35. The number of anilines is 1. The Labute approximate surface area is 120 Å². The third-order valence-corrected chi connectivity index (χ3v) is 4.22. The van der Waals surface area contributed by atoms with E-state index in [2.05, 4.69) is 22.2 Å². The number of aromatic nitrogens is 2. The highest BCUT2D eigenvalue weighted by molar-refractivity contribution is 5.77. The molecule has 6 nitrogen and oxygen atoms in total. The number of hydrogen-bond acceptors (Lipinski definition) is 4. The van der Waals surface area contributed by atoms with E-state index in [1.807, 2.05) is 25.7 Å². The monoisotopic (exact) mass is 279 g/mol. The van der Waals surface area contributed by atoms with Crippen LogP contribution in [0.25, 0.3) is 0 Å². The number of primary amides is 1. The van der Waals surface area contributed by atoms with Crippen LogP contribution in [0.5, 0.6) is 0 Å². The maximum absolute atomic E-state index is 11.5. The molecule has 1 fully saturated rings. The number of nitrogens with one attached hydrogen (secondary N) is 1. The van der Waals surface area contributed by atoms with Gasteiger partial charge in [-0.25, -0.2) is 0 Å². The summed E-state index contributed by atoms with van der Waals surface area (Å²) in [5.41, 5.74) is 7.73. The van der Waals surface area contributed by atoms with Crippen molar-refractivity contribution in [1.82, 2.24) is 15.1 Å². The molecule has 0 aromatic carbocycles. The largest absolute Gasteiger partial charge is 0.369 e. The van der Waals surface area contributed by atoms with Gasteiger partial charge in [0.2, 0.25) is 5.91 Å². The zero-order valence-electron chi connectivity index (χ0n) is 12.8. The van der Waals surface area contributed by atoms with Crippen molar-refractivity contribution in [3.63, 3.8) is 0 Å². The van der Waals surface area contributed by atoms with Crippen LogP contribution < -0.4 is 16.0 Å². The van der Waals surface area contributed by atoms with Crippen LogP contribution in [0, 0.1) is 12.8 Å². The number of piperidine rings is 1. The highest BCUT2D eigenvalue weighted by atomic mass is 16.1. The van der Waals surface area contributed by atoms with Gasteiger partial charge in [0.1, 0.15) is 5.82 Å². The summed E-state index contributed by atoms with van der Waals surface area (Å²) in [7, 11) is 3.89. The molecule has 0 radical (unpaired) electrons. The fraction of sp³-hybridized carbons (Fsp3) is 0.714. The predicted octanol–water partition coefficient (Wildman–Crippen LogP) is 0.538. The van der Waals surface area contributed by atoms with Crippen molar-refractivity contribution in [3.8, 4) is 0 Å². The van der Waals surface area contributed by atoms with Crippen LogP contribution in [-0.4, -0.2) is 35.3 Å². The van der Waals surface area contributed by atoms with E-state index in [4.69, 9.17) is 5.73 Å². The second-order valence-corrected chi connectivity index (χ2v) is 5.72. The number of rotatable bonds is 4. The van der Waals surface area contributed by atoms with Crippen LogP contribution in [0.4, 0.5) is 5.82 Å². The minimum atomic E-state index is -0.198. The topological polar surface area (TPSA) is 76.2 Å². The number of carbonyl (C=O) groups is 1. The smallest absolute Gasteiger partial charge is 0.222 e. The van der Waals surface area contributed by atoms with E-state index < -0.39 is 0 Å². The van der Waals surface area contributed by atoms with Gasteiger partial charge < -0.3 is 16.0 Å². The van der Waals surface area contributed by atoms with Gasteiger partial charge in [0.05, 0.1) is 11.6 Å². The zero-order valence-corrected chi connectivity index (χ0v) is 12.8. The van der Waals surface area contributed by atoms with Gasteiger partial charge in [-0.05, 0) is 33.7 Å². The van der Waals surface area contributed by atoms with Crippen molar-refractivity contribution in [2.24, 2.45) is 18.7 Å². The van der Waals surface area contributed by atoms with E-state index in [1.54, 1.807) is 0 Å². The summed E-state index contributed by atoms with van der Waals surface area (Å²) in [4.78, 5) is 13.8. The van der Waals surface area contributed by atoms with E-state index >= 15 is 0 Å². The lowest BCUT2D eigenvalue weighted by Gasteiger charge is -2.39. The van der Waals surface area contributed by atoms with Gasteiger partial charge in [-0.15, -0.1) is 0 Å². The van der Waals surface area contributed by atoms with Crippen molar-refractivity contribution in [2.45, 2.75) is 39.3 Å². The van der Waals surface area contributed by atoms with Crippen molar-refractivity contribution in [2.75, 3.05) is 18.5 Å². The molecular weight excluding hydrogens is 254 g/mol. The normalized spacial score (nSPS) is 23.1. The summed E-state index contributed by atoms with van der Waals surface area (Å²) < 4.78 is 1.92. The first kappa shape index (κ1) is 14.8. The molecule has 0 saturated carbocycles. The summed E-state index contributed by atoms with van der Waals surface area (Å²) in [5, 5.41) is 7.72. The lowest BCUT2D eigenvalue weighted by molar-refractivity contribution is -0.122. The lowest BCUT2D eigenvalue weighted by Crippen LogP contribution is -2.47. The van der Waals surface area contributed by atoms with Crippen LogP contribution >= 0.6 is 0 Å². The first-order chi connectivity index (χ1) is 9.45. The fourth-order valence-electron chi connectivity index (χ4n) is 3.07. The fourth-order valence-corrected chi connectivity index (χ4v) is 3.07. The van der Waals surface area contributed by atoms with Gasteiger partial charge in [0.15, 0.2) is 0 Å². The first-order valence-electron chi connectivity index (χ1n) is 7.18. The highest BCUT2D eigenvalue weighted by Gasteiger charge is 2.32. The number of nitrogens with two attached hydrogens (primary N) is 1. The molecule has 0 bridgehead atoms. The Morgan fingerprint density at radius 1 is 1.50 bits per heavy atom. The third-order valence-electron chi connectivity index (χ3n) is 4.22. The molecule has 0 aliphatic carbocycles. The maximum Gasteiger partial charge on any atom is 0.222 e. The van der Waals surface area contributed by atoms with Crippen LogP contribution in [0.2, 0.25) is 0 Å². The first-order valence-corrected chi connectivity index (χ1v) is 7.18. The molecule has 1 amide bonds. The number of amides is 1. The molecule has 2 atom stereocenters. The molecule has 1 aliphatic heterocycles. The van der Waals surface area contributed by atoms with E-state index in [-0.39, 0.29) is 11.8 Å². The summed E-state index contributed by atoms with van der Waals surface area (Å²) in [5.74, 6) is 0.843. The molecule has 1 aromatic rings. The van der Waals surface area contributed by atoms with E-state index in [0.717, 1.165) is 30.9 Å². The van der Waals surface area contributed by atoms with Crippen LogP contribution in [0.15, 0.2) is 0 Å². The average Bonchev–Trinajstić information content (AvgIpc) is 2.65. The minimum Gasteiger partial charge on any atom is -0.369 e. The van der Waals surface area contributed by atoms with Gasteiger partial charge >= 0.3 is 0 Å². The second-order valence-electron chi connectivity index (χ2n) is 5.72. The molecule has 112 valence electrons. The summed E-state index contributed by atoms with van der Waals surface area (Å²) in [6.45, 7) is 5.69. The Kier molecular flexibility index (Phi) is 4.32. The molecule has 1 saturated heterocycles. The quantitative estimate of drug-likeness (QED) is 0.843. The molecule has 2 rings (SSSR count). The lowest BCUT2D eigenvalue weighted by atomic mass is 9.92. The van der Waals surface area contributed by atoms with E-state index in [0.29, 0.717) is 12.6 Å². The molecular formula is C14H25N5O. The third kappa shape index (κ3) is 2.65. The number of nitrogens with zero attached hydrogens (tertiary/aromatic N) is 3. The summed E-state index contributed by atoms with van der Waals surface area (Å²) >= 11 is 0. The summed E-state index contributed by atoms with van der Waals surface area (Å²) in [6, 6.07) is 0.399. The minimum absolute atomic E-state index is 0.0659. The van der Waals surface area contributed by atoms with Crippen molar-refractivity contribution < 1.29 is 4.79 Å². The van der Waals surface area contributed by atoms with Crippen LogP contribution in [0.3, 0.4) is 0 Å². The van der Waals surface area contributed by atoms with E-state index in [9.17, 15) is 4.79 Å². The molecule has 0 spiro atoms. The van der Waals surface area contributed by atoms with Crippen molar-refractivity contribution >= 4 is 11.7 Å². The number of hydrogen-bond donors (Lipinski definition) is 2. The Morgan fingerprint density at radius 2 is 2.20 bits per heavy atom. The van der Waals surface area contributed by atoms with E-state index in [1.165, 1.54) is 5.56 Å². The van der Waals surface area contributed by atoms with Gasteiger partial charge in [-0.1, -0.05) is 0 Å². The molecule has 2 unspecified atom stereocenters. The Hall–Kier alpha value is -1.56. The SMILES string of the molecule is CNCc1c(C)nn(C)c1N1CC(C(N)=O)CCC1C. The van der Waals surface area contributed by atoms with Crippen LogP contribution in [-0.2, 0) is 18.4 Å². The standard InChI is InChI=1S/C14H25N5O/c1-9-5-6-11(13(15)20)8-19(9)14-12(7-16-3)10(2)17-18(14)4/h9,11,16H,5-8H2,1-4H3,(H2,15,20). The van der Waals surface area contributed by atoms with Gasteiger partial charge in [-0.2, -0.15) is 5.10 Å². The van der Waals surface area contributed by atoms with Crippen LogP contribution in [0.1, 0.15) is 31.0 Å². The molecule has 1 aromatic heterocycles. The molecule has 2 heterocycles. The maximum atomic E-state index is 11.5. The molecule has 20 heavy (non-hydrogen) atoms. The molecule has 3 N–H and O–H groups in total. The van der Waals surface area contributed by atoms with Gasteiger partial charge in [0, 0.05) is 31.7 Å². The number of aryl methyl sites for hydroxylation is 2. The second kappa shape index (κ2) is 5.83. The highest BCUT2D eigenvalue weighted by Crippen LogP contribution is 2.31. The molecule has 1 aliphatic rings. The predicted molar refractivity (Wildman–Crippen MR) is 79.4 cm³/mol. The Bertz CT molecular complexity index is 496. The summed E-state index contributed by atoms with van der Waals surface area (Å²) in [6.07, 6.45) is 1.86. The van der Waals surface area contributed by atoms with Crippen molar-refractivity contribution in [3.05, 3.63) is 11.3 Å².